The molecule has 3 N–H and O–H groups in total. The van der Waals surface area contributed by atoms with Gasteiger partial charge in [0.15, 0.2) is 5.78 Å². The number of ether oxygens (including phenoxy) is 2. The maximum atomic E-state index is 13.6. The highest BCUT2D eigenvalue weighted by atomic mass is 19.1. The molecule has 4 atom stereocenters. The molecule has 220 valence electrons. The molecule has 3 amide bonds. The summed E-state index contributed by atoms with van der Waals surface area (Å²) < 4.78 is 24.1. The number of carbonyl (C=O) groups is 4. The van der Waals surface area contributed by atoms with Crippen LogP contribution in [0, 0.1) is 5.82 Å². The fraction of sp³-hybridized carbons (Fsp3) is 0.483. The molecule has 0 saturated carbocycles. The van der Waals surface area contributed by atoms with Crippen LogP contribution in [0.1, 0.15) is 25.1 Å². The minimum atomic E-state index is -1.15. The van der Waals surface area contributed by atoms with Crippen molar-refractivity contribution in [2.75, 3.05) is 39.5 Å². The van der Waals surface area contributed by atoms with Gasteiger partial charge in [-0.15, -0.1) is 0 Å². The number of carbonyl (C=O) groups excluding carboxylic acids is 4. The molecule has 0 spiro atoms. The van der Waals surface area contributed by atoms with E-state index in [2.05, 4.69) is 20.9 Å². The number of halogens is 1. The van der Waals surface area contributed by atoms with Crippen LogP contribution in [-0.2, 0) is 41.5 Å². The third-order valence-corrected chi connectivity index (χ3v) is 7.09. The van der Waals surface area contributed by atoms with Gasteiger partial charge in [0.2, 0.25) is 17.7 Å². The van der Waals surface area contributed by atoms with Crippen molar-refractivity contribution in [2.24, 2.45) is 0 Å². The zero-order valence-corrected chi connectivity index (χ0v) is 23.2. The number of Topliss-reactive ketones (excluding diaryl/α,β-unsaturated/α-hetero) is 1. The summed E-state index contributed by atoms with van der Waals surface area (Å²) in [6.45, 7) is 5.88. The van der Waals surface area contributed by atoms with Crippen LogP contribution in [0.15, 0.2) is 48.7 Å². The smallest absolute Gasteiger partial charge is 0.243 e. The van der Waals surface area contributed by atoms with E-state index in [1.165, 1.54) is 19.1 Å². The van der Waals surface area contributed by atoms with Crippen LogP contribution < -0.4 is 16.0 Å². The number of aromatic nitrogens is 1. The molecule has 1 aromatic carbocycles. The van der Waals surface area contributed by atoms with Crippen LogP contribution in [0.25, 0.3) is 0 Å². The van der Waals surface area contributed by atoms with Gasteiger partial charge in [-0.1, -0.05) is 30.3 Å². The molecule has 12 heteroatoms. The molecule has 0 unspecified atom stereocenters. The summed E-state index contributed by atoms with van der Waals surface area (Å²) in [6, 6.07) is 8.85. The predicted molar refractivity (Wildman–Crippen MR) is 146 cm³/mol. The quantitative estimate of drug-likeness (QED) is 0.290. The third-order valence-electron chi connectivity index (χ3n) is 7.09. The van der Waals surface area contributed by atoms with Gasteiger partial charge in [0, 0.05) is 25.2 Å². The Labute approximate surface area is 238 Å². The summed E-state index contributed by atoms with van der Waals surface area (Å²) >= 11 is 0. The molecule has 3 heterocycles. The third kappa shape index (κ3) is 8.87. The average molecular weight is 570 g/mol. The standard InChI is InChI=1S/C29H36FN5O6/c1-19(32-25(36)17-35-10-12-40-13-11-35)27(38)34-24(15-22-9-8-21(30)16-31-22)28(39)33-23(26(37)29(2)18-41-29)14-20-6-4-3-5-7-20/h3-9,16,19,23-24H,10-15,17-18H2,1-2H3,(H,32,36)(H,33,39)(H,34,38)/t19-,23-,24-,29-/m0/s1. The zero-order chi connectivity index (χ0) is 29.4. The van der Waals surface area contributed by atoms with Gasteiger partial charge < -0.3 is 25.4 Å². The molecule has 2 fully saturated rings. The van der Waals surface area contributed by atoms with Crippen molar-refractivity contribution in [1.82, 2.24) is 25.8 Å². The summed E-state index contributed by atoms with van der Waals surface area (Å²) in [4.78, 5) is 58.4. The Morgan fingerprint density at radius 2 is 1.66 bits per heavy atom. The Kier molecular flexibility index (Phi) is 10.1. The van der Waals surface area contributed by atoms with E-state index in [4.69, 9.17) is 9.47 Å². The maximum absolute atomic E-state index is 13.6. The van der Waals surface area contributed by atoms with E-state index in [-0.39, 0.29) is 37.7 Å². The fourth-order valence-corrected chi connectivity index (χ4v) is 4.51. The Morgan fingerprint density at radius 3 is 2.29 bits per heavy atom. The average Bonchev–Trinajstić information content (AvgIpc) is 3.72. The first kappa shape index (κ1) is 30.2. The Hall–Kier alpha value is -3.74. The van der Waals surface area contributed by atoms with Gasteiger partial charge in [0.25, 0.3) is 0 Å². The van der Waals surface area contributed by atoms with Crippen LogP contribution in [0.2, 0.25) is 0 Å². The first-order chi connectivity index (χ1) is 19.6. The number of morpholine rings is 1. The lowest BCUT2D eigenvalue weighted by atomic mass is 9.94. The van der Waals surface area contributed by atoms with Gasteiger partial charge in [-0.3, -0.25) is 29.1 Å². The Bertz CT molecular complexity index is 1220. The highest BCUT2D eigenvalue weighted by Crippen LogP contribution is 2.29. The van der Waals surface area contributed by atoms with Crippen molar-refractivity contribution in [1.29, 1.82) is 0 Å². The number of nitrogens with zero attached hydrogens (tertiary/aromatic N) is 2. The molecular formula is C29H36FN5O6. The second kappa shape index (κ2) is 13.7. The van der Waals surface area contributed by atoms with Crippen molar-refractivity contribution in [3.05, 3.63) is 65.7 Å². The second-order valence-electron chi connectivity index (χ2n) is 10.5. The molecule has 41 heavy (non-hydrogen) atoms. The summed E-state index contributed by atoms with van der Waals surface area (Å²) in [5.74, 6) is -2.35. The van der Waals surface area contributed by atoms with Gasteiger partial charge in [-0.2, -0.15) is 0 Å². The molecule has 2 saturated heterocycles. The summed E-state index contributed by atoms with van der Waals surface area (Å²) in [5.41, 5.74) is 0.218. The molecule has 0 radical (unpaired) electrons. The number of amides is 3. The van der Waals surface area contributed by atoms with Gasteiger partial charge in [-0.25, -0.2) is 4.39 Å². The van der Waals surface area contributed by atoms with Crippen molar-refractivity contribution in [3.8, 4) is 0 Å². The molecular weight excluding hydrogens is 533 g/mol. The highest BCUT2D eigenvalue weighted by Gasteiger charge is 2.50. The lowest BCUT2D eigenvalue weighted by Gasteiger charge is -2.27. The molecule has 4 rings (SSSR count). The number of hydrogen-bond donors (Lipinski definition) is 3. The first-order valence-electron chi connectivity index (χ1n) is 13.7. The molecule has 0 bridgehead atoms. The fourth-order valence-electron chi connectivity index (χ4n) is 4.51. The van der Waals surface area contributed by atoms with E-state index >= 15 is 0 Å². The molecule has 0 aliphatic carbocycles. The number of ketones is 1. The van der Waals surface area contributed by atoms with E-state index in [9.17, 15) is 23.6 Å². The van der Waals surface area contributed by atoms with Crippen molar-refractivity contribution in [3.63, 3.8) is 0 Å². The number of rotatable bonds is 13. The van der Waals surface area contributed by atoms with E-state index < -0.39 is 41.4 Å². The first-order valence-corrected chi connectivity index (χ1v) is 13.7. The van der Waals surface area contributed by atoms with Gasteiger partial charge >= 0.3 is 0 Å². The highest BCUT2D eigenvalue weighted by molar-refractivity contribution is 5.98. The molecule has 2 aromatic rings. The molecule has 1 aromatic heterocycles. The summed E-state index contributed by atoms with van der Waals surface area (Å²) in [5, 5.41) is 8.13. The largest absolute Gasteiger partial charge is 0.379 e. The lowest BCUT2D eigenvalue weighted by molar-refractivity contribution is -0.134. The second-order valence-corrected chi connectivity index (χ2v) is 10.5. The monoisotopic (exact) mass is 569 g/mol. The molecule has 11 nitrogen and oxygen atoms in total. The zero-order valence-electron chi connectivity index (χ0n) is 23.2. The van der Waals surface area contributed by atoms with Crippen LogP contribution in [0.5, 0.6) is 0 Å². The Balaban J connectivity index is 1.45. The van der Waals surface area contributed by atoms with E-state index in [1.54, 1.807) is 6.92 Å². The summed E-state index contributed by atoms with van der Waals surface area (Å²) in [7, 11) is 0. The topological polar surface area (TPSA) is 142 Å². The van der Waals surface area contributed by atoms with Gasteiger partial charge in [0.1, 0.15) is 23.5 Å². The van der Waals surface area contributed by atoms with E-state index in [1.807, 2.05) is 35.2 Å². The number of hydrogen-bond acceptors (Lipinski definition) is 8. The number of benzene rings is 1. The lowest BCUT2D eigenvalue weighted by Crippen LogP contribution is -2.57. The van der Waals surface area contributed by atoms with E-state index in [0.717, 1.165) is 11.8 Å². The number of pyridine rings is 1. The van der Waals surface area contributed by atoms with Crippen LogP contribution in [0.4, 0.5) is 4.39 Å². The number of nitrogens with one attached hydrogen (secondary N) is 3. The minimum Gasteiger partial charge on any atom is -0.379 e. The van der Waals surface area contributed by atoms with Crippen LogP contribution in [0.3, 0.4) is 0 Å². The van der Waals surface area contributed by atoms with Crippen LogP contribution >= 0.6 is 0 Å². The molecule has 2 aliphatic heterocycles. The van der Waals surface area contributed by atoms with Crippen molar-refractivity contribution < 1.29 is 33.0 Å². The van der Waals surface area contributed by atoms with E-state index in [0.29, 0.717) is 32.0 Å². The number of epoxide rings is 1. The predicted octanol–water partition coefficient (Wildman–Crippen LogP) is 0.170. The molecule has 2 aliphatic rings. The summed E-state index contributed by atoms with van der Waals surface area (Å²) in [6.07, 6.45) is 1.19. The van der Waals surface area contributed by atoms with Crippen molar-refractivity contribution >= 4 is 23.5 Å². The van der Waals surface area contributed by atoms with Crippen molar-refractivity contribution in [2.45, 2.75) is 50.4 Å². The minimum absolute atomic E-state index is 0.0632. The Morgan fingerprint density at radius 1 is 0.976 bits per heavy atom. The normalized spacial score (nSPS) is 20.8. The van der Waals surface area contributed by atoms with Gasteiger partial charge in [0.05, 0.1) is 38.6 Å². The van der Waals surface area contributed by atoms with Crippen LogP contribution in [-0.4, -0.2) is 96.6 Å². The maximum Gasteiger partial charge on any atom is 0.243 e. The van der Waals surface area contributed by atoms with Gasteiger partial charge in [-0.05, 0) is 38.0 Å². The SMILES string of the molecule is C[C@H](NC(=O)CN1CCOCC1)C(=O)N[C@@H](Cc1ccc(F)cn1)C(=O)N[C@@H](Cc1ccccc1)C(=O)[C@]1(C)CO1.